The van der Waals surface area contributed by atoms with Crippen molar-refractivity contribution < 1.29 is 4.74 Å². The van der Waals surface area contributed by atoms with E-state index in [0.29, 0.717) is 46.8 Å². The third-order valence-electron chi connectivity index (χ3n) is 3.87. The van der Waals surface area contributed by atoms with Crippen LogP contribution in [0.25, 0.3) is 11.0 Å². The molecule has 1 aromatic carbocycles. The predicted octanol–water partition coefficient (Wildman–Crippen LogP) is 3.49. The van der Waals surface area contributed by atoms with E-state index in [2.05, 4.69) is 9.97 Å². The molecule has 2 heterocycles. The van der Waals surface area contributed by atoms with Crippen molar-refractivity contribution in [2.24, 2.45) is 5.73 Å². The van der Waals surface area contributed by atoms with Gasteiger partial charge in [0.2, 0.25) is 0 Å². The fourth-order valence-corrected chi connectivity index (χ4v) is 3.13. The SMILES string of the molecule is NCCCCOc1cc(Cl)cc(Cl)c1Cn1cnc2c(N)nccc21. The Labute approximate surface area is 155 Å². The van der Waals surface area contributed by atoms with Crippen LogP contribution in [0.5, 0.6) is 5.75 Å². The zero-order valence-corrected chi connectivity index (χ0v) is 15.1. The Morgan fingerprint density at radius 3 is 2.80 bits per heavy atom. The van der Waals surface area contributed by atoms with Crippen LogP contribution in [-0.4, -0.2) is 27.7 Å². The third kappa shape index (κ3) is 3.98. The van der Waals surface area contributed by atoms with E-state index in [1.165, 1.54) is 0 Å². The number of halogens is 2. The van der Waals surface area contributed by atoms with Gasteiger partial charge in [-0.2, -0.15) is 0 Å². The molecular weight excluding hydrogens is 361 g/mol. The van der Waals surface area contributed by atoms with Gasteiger partial charge in [0.25, 0.3) is 0 Å². The quantitative estimate of drug-likeness (QED) is 0.613. The number of hydrogen-bond acceptors (Lipinski definition) is 5. The van der Waals surface area contributed by atoms with E-state index in [0.717, 1.165) is 23.9 Å². The minimum Gasteiger partial charge on any atom is -0.493 e. The van der Waals surface area contributed by atoms with Gasteiger partial charge < -0.3 is 20.8 Å². The van der Waals surface area contributed by atoms with Gasteiger partial charge in [-0.3, -0.25) is 0 Å². The number of imidazole rings is 1. The Bertz CT molecular complexity index is 881. The molecule has 4 N–H and O–H groups in total. The number of anilines is 1. The molecule has 3 rings (SSSR count). The summed E-state index contributed by atoms with van der Waals surface area (Å²) in [5.74, 6) is 1.06. The molecule has 2 aromatic heterocycles. The lowest BCUT2D eigenvalue weighted by Gasteiger charge is -2.15. The molecular formula is C17H19Cl2N5O. The van der Waals surface area contributed by atoms with E-state index in [1.807, 2.05) is 10.6 Å². The zero-order valence-electron chi connectivity index (χ0n) is 13.6. The molecule has 25 heavy (non-hydrogen) atoms. The van der Waals surface area contributed by atoms with Crippen LogP contribution in [0, 0.1) is 0 Å². The van der Waals surface area contributed by atoms with Gasteiger partial charge in [0.05, 0.1) is 30.0 Å². The Kier molecular flexibility index (Phi) is 5.63. The molecule has 0 aliphatic heterocycles. The topological polar surface area (TPSA) is 92.0 Å². The normalized spacial score (nSPS) is 11.2. The van der Waals surface area contributed by atoms with Crippen molar-refractivity contribution in [3.05, 3.63) is 46.3 Å². The van der Waals surface area contributed by atoms with Gasteiger partial charge >= 0.3 is 0 Å². The van der Waals surface area contributed by atoms with Gasteiger partial charge in [-0.15, -0.1) is 0 Å². The number of benzene rings is 1. The smallest absolute Gasteiger partial charge is 0.151 e. The highest BCUT2D eigenvalue weighted by atomic mass is 35.5. The van der Waals surface area contributed by atoms with E-state index >= 15 is 0 Å². The number of ether oxygens (including phenoxy) is 1. The molecule has 0 atom stereocenters. The summed E-state index contributed by atoms with van der Waals surface area (Å²) < 4.78 is 7.84. The maximum absolute atomic E-state index is 6.42. The summed E-state index contributed by atoms with van der Waals surface area (Å²) in [6, 6.07) is 5.35. The first-order chi connectivity index (χ1) is 12.1. The summed E-state index contributed by atoms with van der Waals surface area (Å²) in [6.07, 6.45) is 5.15. The molecule has 0 unspecified atom stereocenters. The van der Waals surface area contributed by atoms with Crippen LogP contribution in [0.15, 0.2) is 30.7 Å². The van der Waals surface area contributed by atoms with Crippen molar-refractivity contribution >= 4 is 40.1 Å². The highest BCUT2D eigenvalue weighted by Gasteiger charge is 2.14. The van der Waals surface area contributed by atoms with E-state index < -0.39 is 0 Å². The number of rotatable bonds is 7. The fourth-order valence-electron chi connectivity index (χ4n) is 2.60. The highest BCUT2D eigenvalue weighted by molar-refractivity contribution is 6.35. The number of nitrogens with zero attached hydrogens (tertiary/aromatic N) is 3. The predicted molar refractivity (Wildman–Crippen MR) is 101 cm³/mol. The number of aromatic nitrogens is 3. The van der Waals surface area contributed by atoms with Gasteiger partial charge in [0.1, 0.15) is 11.3 Å². The van der Waals surface area contributed by atoms with Crippen LogP contribution in [0.1, 0.15) is 18.4 Å². The molecule has 0 fully saturated rings. The van der Waals surface area contributed by atoms with E-state index in [1.54, 1.807) is 24.7 Å². The Balaban J connectivity index is 1.91. The third-order valence-corrected chi connectivity index (χ3v) is 4.43. The number of hydrogen-bond donors (Lipinski definition) is 2. The van der Waals surface area contributed by atoms with Crippen molar-refractivity contribution in [1.29, 1.82) is 0 Å². The number of nitrogens with two attached hydrogens (primary N) is 2. The lowest BCUT2D eigenvalue weighted by Crippen LogP contribution is -2.07. The molecule has 0 aliphatic carbocycles. The summed E-state index contributed by atoms with van der Waals surface area (Å²) in [5, 5.41) is 1.08. The number of nitrogen functional groups attached to an aromatic ring is 1. The van der Waals surface area contributed by atoms with Gasteiger partial charge in [-0.05, 0) is 37.6 Å². The first-order valence-electron chi connectivity index (χ1n) is 7.96. The van der Waals surface area contributed by atoms with Crippen LogP contribution >= 0.6 is 23.2 Å². The van der Waals surface area contributed by atoms with Crippen molar-refractivity contribution in [3.8, 4) is 5.75 Å². The number of fused-ring (bicyclic) bond motifs is 1. The summed E-state index contributed by atoms with van der Waals surface area (Å²) in [6.45, 7) is 1.69. The second-order valence-electron chi connectivity index (χ2n) is 5.64. The standard InChI is InChI=1S/C17H19Cl2N5O/c18-11-7-13(19)12(15(8-11)25-6-2-1-4-20)9-24-10-23-16-14(24)3-5-22-17(16)21/h3,5,7-8,10H,1-2,4,6,9,20H2,(H2,21,22). The molecule has 0 radical (unpaired) electrons. The maximum atomic E-state index is 6.42. The van der Waals surface area contributed by atoms with Crippen molar-refractivity contribution in [2.75, 3.05) is 18.9 Å². The van der Waals surface area contributed by atoms with Crippen molar-refractivity contribution in [2.45, 2.75) is 19.4 Å². The fraction of sp³-hybridized carbons (Fsp3) is 0.294. The molecule has 6 nitrogen and oxygen atoms in total. The average Bonchev–Trinajstić information content (AvgIpc) is 2.99. The van der Waals surface area contributed by atoms with Gasteiger partial charge in [0, 0.05) is 16.8 Å². The van der Waals surface area contributed by atoms with Crippen LogP contribution < -0.4 is 16.2 Å². The molecule has 3 aromatic rings. The summed E-state index contributed by atoms with van der Waals surface area (Å²) in [5.41, 5.74) is 13.8. The molecule has 0 amide bonds. The Morgan fingerprint density at radius 1 is 1.16 bits per heavy atom. The highest BCUT2D eigenvalue weighted by Crippen LogP contribution is 2.32. The van der Waals surface area contributed by atoms with Gasteiger partial charge in [-0.1, -0.05) is 23.2 Å². The zero-order chi connectivity index (χ0) is 17.8. The minimum atomic E-state index is 0.400. The van der Waals surface area contributed by atoms with Crippen LogP contribution in [0.3, 0.4) is 0 Å². The molecule has 132 valence electrons. The minimum absolute atomic E-state index is 0.400. The lowest BCUT2D eigenvalue weighted by molar-refractivity contribution is 0.304. The Morgan fingerprint density at radius 2 is 2.00 bits per heavy atom. The van der Waals surface area contributed by atoms with E-state index in [4.69, 9.17) is 39.4 Å². The number of pyridine rings is 1. The second kappa shape index (κ2) is 7.91. The first kappa shape index (κ1) is 17.8. The largest absolute Gasteiger partial charge is 0.493 e. The summed E-state index contributed by atoms with van der Waals surface area (Å²) in [4.78, 5) is 8.39. The monoisotopic (exact) mass is 379 g/mol. The van der Waals surface area contributed by atoms with Gasteiger partial charge in [0.15, 0.2) is 5.82 Å². The second-order valence-corrected chi connectivity index (χ2v) is 6.49. The Hall–Kier alpha value is -2.02. The molecule has 0 saturated carbocycles. The maximum Gasteiger partial charge on any atom is 0.151 e. The summed E-state index contributed by atoms with van der Waals surface area (Å²) in [7, 11) is 0. The van der Waals surface area contributed by atoms with Crippen molar-refractivity contribution in [1.82, 2.24) is 14.5 Å². The molecule has 0 bridgehead atoms. The van der Waals surface area contributed by atoms with Crippen LogP contribution in [0.2, 0.25) is 10.0 Å². The van der Waals surface area contributed by atoms with E-state index in [-0.39, 0.29) is 0 Å². The molecule has 8 heteroatoms. The first-order valence-corrected chi connectivity index (χ1v) is 8.72. The lowest BCUT2D eigenvalue weighted by atomic mass is 10.2. The van der Waals surface area contributed by atoms with Crippen molar-refractivity contribution in [3.63, 3.8) is 0 Å². The van der Waals surface area contributed by atoms with Crippen LogP contribution in [-0.2, 0) is 6.54 Å². The molecule has 0 aliphatic rings. The van der Waals surface area contributed by atoms with E-state index in [9.17, 15) is 0 Å². The molecule has 0 spiro atoms. The number of unbranched alkanes of at least 4 members (excludes halogenated alkanes) is 1. The van der Waals surface area contributed by atoms with Crippen LogP contribution in [0.4, 0.5) is 5.82 Å². The molecule has 0 saturated heterocycles. The van der Waals surface area contributed by atoms with Gasteiger partial charge in [-0.25, -0.2) is 9.97 Å². The average molecular weight is 380 g/mol. The summed E-state index contributed by atoms with van der Waals surface area (Å²) >= 11 is 12.6.